The first kappa shape index (κ1) is 24.1. The van der Waals surface area contributed by atoms with E-state index in [-0.39, 0.29) is 11.2 Å². The fourth-order valence-electron chi connectivity index (χ4n) is 5.79. The lowest BCUT2D eigenvalue weighted by Crippen LogP contribution is -2.66. The molecule has 0 amide bonds. The van der Waals surface area contributed by atoms with Crippen LogP contribution in [0.4, 0.5) is 4.39 Å². The summed E-state index contributed by atoms with van der Waals surface area (Å²) < 4.78 is 33.7. The summed E-state index contributed by atoms with van der Waals surface area (Å²) in [6.07, 6.45) is 6.72. The van der Waals surface area contributed by atoms with Gasteiger partial charge >= 0.3 is 0 Å². The number of hydrazone groups is 1. The second-order valence-electron chi connectivity index (χ2n) is 10.6. The van der Waals surface area contributed by atoms with Crippen LogP contribution in [0, 0.1) is 18.2 Å². The standard InChI is InChI=1S/C28H30FN5O2S/c1-19-13-33(18-30-19)24-9-4-20(11-25(24)36-3)10-21-12-28(16-37(35)17-28)15-34-26(21)32-31-14-27(34,2)22-5-7-23(29)8-6-22/h4-11,13,18,31H,12,14-17H2,1-3H3/b21-10+. The number of aryl methyl sites for hydroxylation is 1. The van der Waals surface area contributed by atoms with Gasteiger partial charge < -0.3 is 24.2 Å². The van der Waals surface area contributed by atoms with E-state index in [4.69, 9.17) is 9.84 Å². The first-order chi connectivity index (χ1) is 17.8. The molecule has 1 atom stereocenters. The van der Waals surface area contributed by atoms with E-state index in [1.165, 1.54) is 12.1 Å². The number of rotatable bonds is 4. The normalized spacial score (nSPS) is 27.9. The van der Waals surface area contributed by atoms with Crippen LogP contribution in [0.25, 0.3) is 11.8 Å². The van der Waals surface area contributed by atoms with Crippen LogP contribution in [0.2, 0.25) is 0 Å². The highest BCUT2D eigenvalue weighted by Crippen LogP contribution is 2.48. The first-order valence-electron chi connectivity index (χ1n) is 12.4. The molecule has 3 aliphatic heterocycles. The fraction of sp³-hybridized carbons (Fsp3) is 0.357. The first-order valence-corrected chi connectivity index (χ1v) is 13.9. The molecule has 2 saturated heterocycles. The molecule has 1 aromatic heterocycles. The van der Waals surface area contributed by atoms with Crippen molar-refractivity contribution in [3.63, 3.8) is 0 Å². The van der Waals surface area contributed by atoms with E-state index in [9.17, 15) is 8.94 Å². The average molecular weight is 520 g/mol. The lowest BCUT2D eigenvalue weighted by atomic mass is 9.75. The zero-order valence-electron chi connectivity index (χ0n) is 21.2. The number of benzene rings is 2. The molecular weight excluding hydrogens is 489 g/mol. The minimum Gasteiger partial charge on any atom is -0.616 e. The summed E-state index contributed by atoms with van der Waals surface area (Å²) in [5, 5.41) is 4.75. The number of imidazole rings is 1. The van der Waals surface area contributed by atoms with Crippen molar-refractivity contribution in [1.82, 2.24) is 19.9 Å². The molecule has 0 bridgehead atoms. The largest absolute Gasteiger partial charge is 0.616 e. The van der Waals surface area contributed by atoms with Gasteiger partial charge in [0.1, 0.15) is 23.1 Å². The zero-order valence-corrected chi connectivity index (χ0v) is 22.0. The lowest BCUT2D eigenvalue weighted by molar-refractivity contribution is 0.101. The van der Waals surface area contributed by atoms with Crippen molar-refractivity contribution in [2.45, 2.75) is 25.8 Å². The molecule has 192 valence electrons. The van der Waals surface area contributed by atoms with Crippen LogP contribution >= 0.6 is 0 Å². The molecule has 7 nitrogen and oxygen atoms in total. The number of nitrogens with one attached hydrogen (secondary N) is 1. The predicted molar refractivity (Wildman–Crippen MR) is 144 cm³/mol. The van der Waals surface area contributed by atoms with Crippen LogP contribution < -0.4 is 10.2 Å². The van der Waals surface area contributed by atoms with Gasteiger partial charge in [0.2, 0.25) is 0 Å². The van der Waals surface area contributed by atoms with Gasteiger partial charge in [-0.15, -0.1) is 0 Å². The molecule has 37 heavy (non-hydrogen) atoms. The van der Waals surface area contributed by atoms with E-state index in [0.717, 1.165) is 52.6 Å². The van der Waals surface area contributed by atoms with Crippen molar-refractivity contribution in [2.24, 2.45) is 10.5 Å². The Hall–Kier alpha value is -3.30. The second kappa shape index (κ2) is 8.92. The number of fused-ring (bicyclic) bond motifs is 1. The summed E-state index contributed by atoms with van der Waals surface area (Å²) >= 11 is -0.790. The third-order valence-electron chi connectivity index (χ3n) is 7.74. The Kier molecular flexibility index (Phi) is 5.80. The van der Waals surface area contributed by atoms with Crippen LogP contribution in [-0.2, 0) is 16.7 Å². The summed E-state index contributed by atoms with van der Waals surface area (Å²) in [5.41, 5.74) is 7.73. The number of hydrogen-bond donors (Lipinski definition) is 1. The van der Waals surface area contributed by atoms with Crippen molar-refractivity contribution >= 4 is 23.1 Å². The van der Waals surface area contributed by atoms with E-state index < -0.39 is 16.7 Å². The lowest BCUT2D eigenvalue weighted by Gasteiger charge is -2.56. The Balaban J connectivity index is 1.40. The van der Waals surface area contributed by atoms with Crippen molar-refractivity contribution in [2.75, 3.05) is 31.7 Å². The third-order valence-corrected chi connectivity index (χ3v) is 9.61. The van der Waals surface area contributed by atoms with E-state index in [1.54, 1.807) is 13.4 Å². The molecular formula is C28H30FN5O2S. The average Bonchev–Trinajstić information content (AvgIpc) is 3.30. The zero-order chi connectivity index (χ0) is 25.8. The van der Waals surface area contributed by atoms with Crippen LogP contribution in [0.3, 0.4) is 0 Å². The molecule has 0 saturated carbocycles. The summed E-state index contributed by atoms with van der Waals surface area (Å²) in [6, 6.07) is 12.9. The quantitative estimate of drug-likeness (QED) is 0.528. The van der Waals surface area contributed by atoms with E-state index in [2.05, 4.69) is 34.4 Å². The maximum atomic E-state index is 13.7. The van der Waals surface area contributed by atoms with Gasteiger partial charge in [0.05, 0.1) is 42.3 Å². The summed E-state index contributed by atoms with van der Waals surface area (Å²) in [7, 11) is 1.67. The van der Waals surface area contributed by atoms with E-state index in [0.29, 0.717) is 18.1 Å². The Morgan fingerprint density at radius 2 is 1.97 bits per heavy atom. The molecule has 3 aromatic rings. The summed E-state index contributed by atoms with van der Waals surface area (Å²) in [5.74, 6) is 2.75. The molecule has 1 unspecified atom stereocenters. The van der Waals surface area contributed by atoms with Gasteiger partial charge in [-0.1, -0.05) is 29.4 Å². The van der Waals surface area contributed by atoms with Gasteiger partial charge in [-0.05, 0) is 67.3 Å². The predicted octanol–water partition coefficient (Wildman–Crippen LogP) is 4.00. The molecule has 6 rings (SSSR count). The summed E-state index contributed by atoms with van der Waals surface area (Å²) in [4.78, 5) is 6.67. The maximum absolute atomic E-state index is 13.7. The van der Waals surface area contributed by atoms with Crippen molar-refractivity contribution in [3.8, 4) is 11.4 Å². The number of amidine groups is 1. The topological polar surface area (TPSA) is 77.7 Å². The van der Waals surface area contributed by atoms with Crippen molar-refractivity contribution < 1.29 is 13.7 Å². The Labute approximate surface area is 219 Å². The number of aromatic nitrogens is 2. The van der Waals surface area contributed by atoms with E-state index >= 15 is 0 Å². The Bertz CT molecular complexity index is 1400. The van der Waals surface area contributed by atoms with Gasteiger partial charge in [-0.2, -0.15) is 5.10 Å². The molecule has 1 N–H and O–H groups in total. The van der Waals surface area contributed by atoms with Crippen LogP contribution in [0.5, 0.6) is 5.75 Å². The number of halogens is 1. The highest BCUT2D eigenvalue weighted by atomic mass is 32.2. The minimum absolute atomic E-state index is 0.0628. The molecule has 4 heterocycles. The fourth-order valence-corrected chi connectivity index (χ4v) is 7.46. The monoisotopic (exact) mass is 519 g/mol. The smallest absolute Gasteiger partial charge is 0.152 e. The number of piperidine rings is 1. The molecule has 2 fully saturated rings. The molecule has 3 aliphatic rings. The number of methoxy groups -OCH3 is 1. The summed E-state index contributed by atoms with van der Waals surface area (Å²) in [6.45, 7) is 5.49. The highest BCUT2D eigenvalue weighted by molar-refractivity contribution is 7.92. The third kappa shape index (κ3) is 4.20. The molecule has 0 radical (unpaired) electrons. The van der Waals surface area contributed by atoms with Gasteiger partial charge in [0.15, 0.2) is 5.84 Å². The van der Waals surface area contributed by atoms with Crippen LogP contribution in [0.1, 0.15) is 30.2 Å². The SMILES string of the molecule is COc1cc(/C=C2\CC3(CN4C2=NNCC4(C)c2ccc(F)cc2)C[S+]([O-])C3)ccc1-n1cnc(C)c1. The number of hydrogen-bond acceptors (Lipinski definition) is 6. The number of ether oxygens (including phenoxy) is 1. The van der Waals surface area contributed by atoms with Crippen LogP contribution in [-0.4, -0.2) is 56.5 Å². The number of nitrogens with zero attached hydrogens (tertiary/aromatic N) is 4. The highest BCUT2D eigenvalue weighted by Gasteiger charge is 2.56. The molecule has 2 aromatic carbocycles. The molecule has 9 heteroatoms. The second-order valence-corrected chi connectivity index (χ2v) is 12.0. The Morgan fingerprint density at radius 1 is 1.19 bits per heavy atom. The molecule has 1 spiro atoms. The molecule has 0 aliphatic carbocycles. The maximum Gasteiger partial charge on any atom is 0.152 e. The van der Waals surface area contributed by atoms with Gasteiger partial charge in [-0.25, -0.2) is 9.37 Å². The van der Waals surface area contributed by atoms with Crippen molar-refractivity contribution in [1.29, 1.82) is 0 Å². The van der Waals surface area contributed by atoms with Gasteiger partial charge in [0, 0.05) is 12.7 Å². The minimum atomic E-state index is -0.790. The Morgan fingerprint density at radius 3 is 2.65 bits per heavy atom. The van der Waals surface area contributed by atoms with Crippen molar-refractivity contribution in [3.05, 3.63) is 83.2 Å². The van der Waals surface area contributed by atoms with Gasteiger partial charge in [0.25, 0.3) is 0 Å². The van der Waals surface area contributed by atoms with E-state index in [1.807, 2.05) is 42.0 Å². The van der Waals surface area contributed by atoms with Crippen LogP contribution in [0.15, 0.2) is 65.7 Å². The van der Waals surface area contributed by atoms with Gasteiger partial charge in [-0.3, -0.25) is 0 Å².